The maximum absolute atomic E-state index is 13.6. The third-order valence-electron chi connectivity index (χ3n) is 6.48. The lowest BCUT2D eigenvalue weighted by atomic mass is 9.55. The van der Waals surface area contributed by atoms with Crippen molar-refractivity contribution in [1.82, 2.24) is 14.9 Å². The predicted molar refractivity (Wildman–Crippen MR) is 118 cm³/mol. The molecule has 1 aliphatic heterocycles. The molecule has 1 N–H and O–H groups in total. The molecule has 0 unspecified atom stereocenters. The lowest BCUT2D eigenvalue weighted by Gasteiger charge is -2.25. The van der Waals surface area contributed by atoms with Gasteiger partial charge < -0.3 is 0 Å². The number of rotatable bonds is 3. The van der Waals surface area contributed by atoms with E-state index in [1.165, 1.54) is 43.1 Å². The van der Waals surface area contributed by atoms with E-state index >= 15 is 0 Å². The summed E-state index contributed by atoms with van der Waals surface area (Å²) in [5.74, 6) is 0.250. The first kappa shape index (κ1) is 20.8. The lowest BCUT2D eigenvalue weighted by Crippen LogP contribution is -2.45. The average Bonchev–Trinajstić information content (AvgIpc) is 2.83. The van der Waals surface area contributed by atoms with Crippen LogP contribution in [0.1, 0.15) is 76.1 Å². The number of amides is 2. The van der Waals surface area contributed by atoms with E-state index in [9.17, 15) is 14.4 Å². The number of piperidine rings is 1. The Balaban J connectivity index is 1.71. The molecule has 1 atom stereocenters. The molecule has 1 aromatic heterocycles. The number of fused-ring (bicyclic) bond motifs is 1. The highest BCUT2D eigenvalue weighted by Gasteiger charge is 2.31. The number of nitrogens with zero attached hydrogens (tertiary/aromatic N) is 2. The van der Waals surface area contributed by atoms with Crippen LogP contribution >= 0.6 is 0 Å². The second-order valence-corrected chi connectivity index (χ2v) is 8.67. The minimum Gasteiger partial charge on any atom is -0.295 e. The Morgan fingerprint density at radius 1 is 1.00 bits per heavy atom. The third-order valence-corrected chi connectivity index (χ3v) is 6.48. The number of aromatic nitrogens is 2. The van der Waals surface area contributed by atoms with Crippen LogP contribution in [-0.2, 0) is 9.59 Å². The number of nitrogens with one attached hydrogen (secondary N) is 1. The Bertz CT molecular complexity index is 1010. The van der Waals surface area contributed by atoms with E-state index in [-0.39, 0.29) is 17.9 Å². The fraction of sp³-hybridized carbons (Fsp3) is 0.565. The van der Waals surface area contributed by atoms with Crippen molar-refractivity contribution < 1.29 is 9.59 Å². The monoisotopic (exact) mass is 406 g/mol. The van der Waals surface area contributed by atoms with Gasteiger partial charge in [-0.2, -0.15) is 0 Å². The molecule has 2 fully saturated rings. The Morgan fingerprint density at radius 3 is 2.40 bits per heavy atom. The number of hydrogen-bond donors (Lipinski definition) is 1. The van der Waals surface area contributed by atoms with Crippen LogP contribution in [0.2, 0.25) is 5.82 Å². The predicted octanol–water partition coefficient (Wildman–Crippen LogP) is 2.94. The van der Waals surface area contributed by atoms with Gasteiger partial charge in [0.2, 0.25) is 11.8 Å². The lowest BCUT2D eigenvalue weighted by molar-refractivity contribution is -0.135. The number of aryl methyl sites for hydroxylation is 1. The van der Waals surface area contributed by atoms with Crippen LogP contribution in [0.5, 0.6) is 0 Å². The van der Waals surface area contributed by atoms with E-state index in [0.29, 0.717) is 29.0 Å². The molecule has 0 bridgehead atoms. The molecule has 7 heteroatoms. The molecular formula is C23H29BN3O3. The molecule has 6 nitrogen and oxygen atoms in total. The first-order chi connectivity index (χ1) is 14.5. The van der Waals surface area contributed by atoms with Crippen molar-refractivity contribution >= 4 is 35.5 Å². The smallest absolute Gasteiger partial charge is 0.261 e. The Morgan fingerprint density at radius 2 is 1.70 bits per heavy atom. The van der Waals surface area contributed by atoms with Crippen molar-refractivity contribution in [2.45, 2.75) is 83.0 Å². The molecular weight excluding hydrogens is 377 g/mol. The quantitative estimate of drug-likeness (QED) is 0.628. The highest BCUT2D eigenvalue weighted by molar-refractivity contribution is 6.58. The number of carbonyl (C=O) groups is 2. The summed E-state index contributed by atoms with van der Waals surface area (Å²) in [5.41, 5.74) is 1.38. The molecule has 30 heavy (non-hydrogen) atoms. The highest BCUT2D eigenvalue weighted by Crippen LogP contribution is 2.26. The number of benzene rings is 1. The molecule has 0 spiro atoms. The van der Waals surface area contributed by atoms with Crippen LogP contribution in [0.25, 0.3) is 10.9 Å². The summed E-state index contributed by atoms with van der Waals surface area (Å²) in [6.07, 6.45) is 10.5. The second-order valence-electron chi connectivity index (χ2n) is 8.67. The molecule has 4 rings (SSSR count). The van der Waals surface area contributed by atoms with Gasteiger partial charge in [0.25, 0.3) is 5.56 Å². The van der Waals surface area contributed by atoms with Crippen LogP contribution in [0.3, 0.4) is 0 Å². The summed E-state index contributed by atoms with van der Waals surface area (Å²) in [6, 6.07) is 5.11. The Hall–Kier alpha value is -2.44. The fourth-order valence-corrected chi connectivity index (χ4v) is 4.90. The van der Waals surface area contributed by atoms with E-state index in [1.807, 2.05) is 18.2 Å². The van der Waals surface area contributed by atoms with E-state index in [4.69, 9.17) is 0 Å². The summed E-state index contributed by atoms with van der Waals surface area (Å²) < 4.78 is 1.48. The molecule has 1 aliphatic carbocycles. The first-order valence-electron chi connectivity index (χ1n) is 11.2. The average molecular weight is 406 g/mol. The van der Waals surface area contributed by atoms with Crippen LogP contribution < -0.4 is 16.3 Å². The van der Waals surface area contributed by atoms with Gasteiger partial charge in [-0.1, -0.05) is 74.8 Å². The van der Waals surface area contributed by atoms with Gasteiger partial charge in [-0.05, 0) is 19.4 Å². The normalized spacial score (nSPS) is 21.6. The van der Waals surface area contributed by atoms with E-state index in [2.05, 4.69) is 17.6 Å². The van der Waals surface area contributed by atoms with Gasteiger partial charge in [0.1, 0.15) is 11.9 Å². The van der Waals surface area contributed by atoms with Gasteiger partial charge in [0.05, 0.1) is 10.9 Å². The molecule has 157 valence electrons. The van der Waals surface area contributed by atoms with Gasteiger partial charge >= 0.3 is 0 Å². The Labute approximate surface area is 177 Å². The van der Waals surface area contributed by atoms with E-state index in [0.717, 1.165) is 18.3 Å². The van der Waals surface area contributed by atoms with Crippen LogP contribution in [0, 0.1) is 6.92 Å². The summed E-state index contributed by atoms with van der Waals surface area (Å²) in [4.78, 5) is 42.2. The zero-order valence-corrected chi connectivity index (χ0v) is 17.7. The minimum absolute atomic E-state index is 0.193. The zero-order valence-electron chi connectivity index (χ0n) is 17.7. The van der Waals surface area contributed by atoms with E-state index < -0.39 is 11.9 Å². The van der Waals surface area contributed by atoms with Gasteiger partial charge in [0, 0.05) is 6.42 Å². The fourth-order valence-electron chi connectivity index (χ4n) is 4.90. The molecule has 2 amide bonds. The van der Waals surface area contributed by atoms with Crippen molar-refractivity contribution in [3.8, 4) is 0 Å². The topological polar surface area (TPSA) is 81.1 Å². The van der Waals surface area contributed by atoms with Crippen molar-refractivity contribution in [2.75, 3.05) is 0 Å². The summed E-state index contributed by atoms with van der Waals surface area (Å²) in [6.45, 7) is 1.75. The second kappa shape index (κ2) is 9.15. The molecule has 1 saturated carbocycles. The third kappa shape index (κ3) is 4.35. The summed E-state index contributed by atoms with van der Waals surface area (Å²) in [5, 5.41) is 2.93. The van der Waals surface area contributed by atoms with Crippen molar-refractivity contribution in [1.29, 1.82) is 0 Å². The maximum Gasteiger partial charge on any atom is 0.261 e. The number of imide groups is 1. The van der Waals surface area contributed by atoms with Crippen molar-refractivity contribution in [3.63, 3.8) is 0 Å². The van der Waals surface area contributed by atoms with Gasteiger partial charge in [-0.3, -0.25) is 24.3 Å². The van der Waals surface area contributed by atoms with Crippen LogP contribution in [0.15, 0.2) is 23.0 Å². The number of carbonyl (C=O) groups excluding carboxylic acids is 2. The largest absolute Gasteiger partial charge is 0.295 e. The summed E-state index contributed by atoms with van der Waals surface area (Å²) >= 11 is 0. The Kier molecular flexibility index (Phi) is 6.35. The molecule has 2 aromatic rings. The van der Waals surface area contributed by atoms with Crippen LogP contribution in [-0.4, -0.2) is 28.6 Å². The molecule has 1 radical (unpaired) electrons. The molecule has 1 aromatic carbocycles. The van der Waals surface area contributed by atoms with E-state index in [1.54, 1.807) is 6.92 Å². The molecule has 2 heterocycles. The minimum atomic E-state index is -0.690. The van der Waals surface area contributed by atoms with Gasteiger partial charge in [0.15, 0.2) is 7.28 Å². The van der Waals surface area contributed by atoms with Gasteiger partial charge in [-0.15, -0.1) is 0 Å². The standard InChI is InChI=1S/C23H29BN3O3/c1-15-25-18-12-8-11-17(24-16-9-6-4-2-3-5-7-10-16)21(18)23(30)27(15)19-13-14-20(28)26-22(19)29/h8,11-12,16,19H,2-7,9-10,13-14H2,1H3,(H,26,28,29)/t19-/m0/s1. The maximum atomic E-state index is 13.6. The number of hydrogen-bond acceptors (Lipinski definition) is 4. The molecule has 2 aliphatic rings. The van der Waals surface area contributed by atoms with Crippen molar-refractivity contribution in [3.05, 3.63) is 34.4 Å². The van der Waals surface area contributed by atoms with Gasteiger partial charge in [-0.25, -0.2) is 4.98 Å². The SMILES string of the molecule is Cc1nc2cccc([B]C3CCCCCCCC3)c2c(=O)n1[C@H]1CCC(=O)NC1=O. The summed E-state index contributed by atoms with van der Waals surface area (Å²) in [7, 11) is 2.25. The first-order valence-corrected chi connectivity index (χ1v) is 11.2. The zero-order chi connectivity index (χ0) is 21.1. The highest BCUT2D eigenvalue weighted by atomic mass is 16.2. The molecule has 1 saturated heterocycles. The van der Waals surface area contributed by atoms with Crippen molar-refractivity contribution in [2.24, 2.45) is 0 Å². The van der Waals surface area contributed by atoms with Crippen LogP contribution in [0.4, 0.5) is 0 Å².